The first kappa shape index (κ1) is 34.2. The van der Waals surface area contributed by atoms with Gasteiger partial charge in [-0.3, -0.25) is 14.4 Å². The predicted octanol–water partition coefficient (Wildman–Crippen LogP) is 4.93. The largest absolute Gasteiger partial charge is 0.454 e. The monoisotopic (exact) mass is 700 g/mol. The fourth-order valence-corrected chi connectivity index (χ4v) is 6.22. The average Bonchev–Trinajstić information content (AvgIpc) is 3.99. The number of alkyl halides is 3. The van der Waals surface area contributed by atoms with Gasteiger partial charge in [-0.25, -0.2) is 0 Å². The number of nitrogens with one attached hydrogen (secondary N) is 3. The molecule has 3 aromatic rings. The van der Waals surface area contributed by atoms with Crippen molar-refractivity contribution in [2.75, 3.05) is 30.3 Å². The summed E-state index contributed by atoms with van der Waals surface area (Å²) < 4.78 is 43.7. The molecule has 2 unspecified atom stereocenters. The average molecular weight is 701 g/mol. The van der Waals surface area contributed by atoms with Crippen molar-refractivity contribution in [2.24, 2.45) is 17.6 Å². The van der Waals surface area contributed by atoms with Crippen LogP contribution in [0.1, 0.15) is 60.9 Å². The summed E-state index contributed by atoms with van der Waals surface area (Å²) in [7, 11) is 0. The van der Waals surface area contributed by atoms with Gasteiger partial charge in [0.1, 0.15) is 0 Å². The minimum absolute atomic E-state index is 0.0122. The van der Waals surface area contributed by atoms with E-state index in [1.165, 1.54) is 4.90 Å². The fraction of sp³-hybridized carbons (Fsp3) is 0.455. The number of nitrogens with zero attached hydrogens (tertiary/aromatic N) is 4. The van der Waals surface area contributed by atoms with Crippen LogP contribution in [0.3, 0.4) is 0 Å². The molecule has 3 aliphatic rings. The smallest absolute Gasteiger partial charge is 0.422 e. The zero-order valence-electron chi connectivity index (χ0n) is 26.4. The lowest BCUT2D eigenvalue weighted by Crippen LogP contribution is -2.47. The van der Waals surface area contributed by atoms with Gasteiger partial charge in [0.15, 0.2) is 6.61 Å². The van der Waals surface area contributed by atoms with E-state index in [0.717, 1.165) is 50.5 Å². The number of hydrogen-bond donors (Lipinski definition) is 4. The quantitative estimate of drug-likeness (QED) is 0.181. The number of hydrogen-bond acceptors (Lipinski definition) is 9. The first-order valence-electron chi connectivity index (χ1n) is 16.1. The van der Waals surface area contributed by atoms with E-state index >= 15 is 0 Å². The summed E-state index contributed by atoms with van der Waals surface area (Å²) in [6.45, 7) is -0.737. The van der Waals surface area contributed by atoms with Crippen LogP contribution in [0, 0.1) is 11.8 Å². The Morgan fingerprint density at radius 2 is 1.63 bits per heavy atom. The topological polar surface area (TPSA) is 164 Å². The van der Waals surface area contributed by atoms with Crippen molar-refractivity contribution >= 4 is 46.9 Å². The molecule has 16 heteroatoms. The number of halogens is 4. The molecule has 0 aliphatic heterocycles. The predicted molar refractivity (Wildman–Crippen MR) is 174 cm³/mol. The number of carbonyl (C=O) groups excluding carboxylic acids is 3. The third-order valence-electron chi connectivity index (χ3n) is 8.98. The van der Waals surface area contributed by atoms with Crippen LogP contribution in [0.2, 0.25) is 5.02 Å². The first-order chi connectivity index (χ1) is 23.4. The van der Waals surface area contributed by atoms with Gasteiger partial charge >= 0.3 is 24.0 Å². The Balaban J connectivity index is 1.12. The highest BCUT2D eigenvalue weighted by Gasteiger charge is 2.45. The number of benzene rings is 2. The number of amides is 3. The molecule has 0 radical (unpaired) electrons. The number of ether oxygens (including phenoxy) is 1. The van der Waals surface area contributed by atoms with Crippen LogP contribution in [0.25, 0.3) is 0 Å². The number of carbonyl (C=O) groups is 3. The van der Waals surface area contributed by atoms with Crippen LogP contribution in [0.4, 0.5) is 30.8 Å². The summed E-state index contributed by atoms with van der Waals surface area (Å²) in [6, 6.07) is 13.0. The summed E-state index contributed by atoms with van der Waals surface area (Å²) in [5.41, 5.74) is 6.55. The molecule has 0 bridgehead atoms. The lowest BCUT2D eigenvalue weighted by atomic mass is 10.0. The number of nitrogens with two attached hydrogens (primary N) is 1. The van der Waals surface area contributed by atoms with Gasteiger partial charge in [0.05, 0.1) is 5.54 Å². The second kappa shape index (κ2) is 14.1. The molecule has 1 heterocycles. The Hall–Kier alpha value is -4.66. The second-order valence-electron chi connectivity index (χ2n) is 12.9. The molecule has 6 rings (SSSR count). The van der Waals surface area contributed by atoms with Gasteiger partial charge in [-0.1, -0.05) is 30.2 Å². The number of primary amides is 1. The van der Waals surface area contributed by atoms with Crippen LogP contribution >= 0.6 is 11.6 Å². The van der Waals surface area contributed by atoms with Crippen molar-refractivity contribution in [3.8, 4) is 6.01 Å². The molecule has 5 N–H and O–H groups in total. The summed E-state index contributed by atoms with van der Waals surface area (Å²) in [5, 5.41) is 9.82. The molecule has 260 valence electrons. The lowest BCUT2D eigenvalue weighted by Gasteiger charge is -2.28. The third-order valence-corrected chi connectivity index (χ3v) is 9.24. The van der Waals surface area contributed by atoms with Gasteiger partial charge in [-0.05, 0) is 92.3 Å². The Morgan fingerprint density at radius 1 is 0.939 bits per heavy atom. The Bertz CT molecular complexity index is 1680. The number of aromatic nitrogens is 3. The standard InChI is InChI=1S/C33H36ClF3N8O4/c34-23-10-8-22(9-11-23)32(14-15-32)44-30-41-29(42-31(43-30)49-18-33(35,36)37)39-24-12-6-20(7-13-24)27(47)40-25-3-1-2-21(25)17-45(16-19-4-5-19)28(48)26(38)46/h6-13,19,21,25H,1-5,14-18H2,(H2,38,46)(H,40,47)(H2,39,41,42,43,44). The summed E-state index contributed by atoms with van der Waals surface area (Å²) >= 11 is 6.04. The zero-order chi connectivity index (χ0) is 34.8. The molecule has 3 amide bonds. The zero-order valence-corrected chi connectivity index (χ0v) is 27.2. The maximum absolute atomic E-state index is 13.2. The second-order valence-corrected chi connectivity index (χ2v) is 13.3. The van der Waals surface area contributed by atoms with E-state index in [-0.39, 0.29) is 29.8 Å². The normalized spacial score (nSPS) is 19.5. The maximum atomic E-state index is 13.2. The van der Waals surface area contributed by atoms with E-state index in [1.54, 1.807) is 36.4 Å². The Labute approximate surface area is 285 Å². The first-order valence-corrected chi connectivity index (χ1v) is 16.5. The van der Waals surface area contributed by atoms with E-state index in [9.17, 15) is 27.6 Å². The van der Waals surface area contributed by atoms with Gasteiger partial charge in [-0.15, -0.1) is 0 Å². The molecule has 0 spiro atoms. The van der Waals surface area contributed by atoms with Crippen LogP contribution in [0.5, 0.6) is 6.01 Å². The van der Waals surface area contributed by atoms with Crippen molar-refractivity contribution in [1.29, 1.82) is 0 Å². The van der Waals surface area contributed by atoms with Crippen molar-refractivity contribution in [3.63, 3.8) is 0 Å². The molecule has 0 saturated heterocycles. The summed E-state index contributed by atoms with van der Waals surface area (Å²) in [5.74, 6) is -1.64. The minimum Gasteiger partial charge on any atom is -0.454 e. The van der Waals surface area contributed by atoms with E-state index in [0.29, 0.717) is 35.3 Å². The highest BCUT2D eigenvalue weighted by atomic mass is 35.5. The highest BCUT2D eigenvalue weighted by molar-refractivity contribution is 6.34. The number of anilines is 3. The number of rotatable bonds is 13. The van der Waals surface area contributed by atoms with Crippen LogP contribution in [-0.2, 0) is 15.1 Å². The molecular weight excluding hydrogens is 665 g/mol. The van der Waals surface area contributed by atoms with Crippen molar-refractivity contribution in [1.82, 2.24) is 25.2 Å². The maximum Gasteiger partial charge on any atom is 0.422 e. The van der Waals surface area contributed by atoms with Crippen molar-refractivity contribution in [2.45, 2.75) is 62.7 Å². The van der Waals surface area contributed by atoms with Gasteiger partial charge in [0.25, 0.3) is 5.91 Å². The molecule has 2 aromatic carbocycles. The molecular formula is C33H36ClF3N8O4. The van der Waals surface area contributed by atoms with Crippen LogP contribution < -0.4 is 26.4 Å². The molecule has 3 aliphatic carbocycles. The van der Waals surface area contributed by atoms with Crippen molar-refractivity contribution < 1.29 is 32.3 Å². The van der Waals surface area contributed by atoms with E-state index in [2.05, 4.69) is 30.9 Å². The van der Waals surface area contributed by atoms with Crippen molar-refractivity contribution in [3.05, 3.63) is 64.7 Å². The highest BCUT2D eigenvalue weighted by Crippen LogP contribution is 2.48. The fourth-order valence-electron chi connectivity index (χ4n) is 6.10. The van der Waals surface area contributed by atoms with E-state index in [1.807, 2.05) is 12.1 Å². The summed E-state index contributed by atoms with van der Waals surface area (Å²) in [4.78, 5) is 51.3. The molecule has 12 nitrogen and oxygen atoms in total. The molecule has 49 heavy (non-hydrogen) atoms. The van der Waals surface area contributed by atoms with Gasteiger partial charge in [0, 0.05) is 35.4 Å². The molecule has 3 saturated carbocycles. The van der Waals surface area contributed by atoms with E-state index < -0.39 is 36.1 Å². The van der Waals surface area contributed by atoms with Gasteiger partial charge < -0.3 is 31.3 Å². The van der Waals surface area contributed by atoms with Gasteiger partial charge in [-0.2, -0.15) is 28.1 Å². The Kier molecular flexibility index (Phi) is 9.82. The van der Waals surface area contributed by atoms with Gasteiger partial charge in [0.2, 0.25) is 11.9 Å². The Morgan fingerprint density at radius 3 is 2.27 bits per heavy atom. The third kappa shape index (κ3) is 9.08. The van der Waals surface area contributed by atoms with E-state index in [4.69, 9.17) is 22.1 Å². The minimum atomic E-state index is -4.60. The SMILES string of the molecule is NC(=O)C(=O)N(CC1CC1)CC1CCCC1NC(=O)c1ccc(Nc2nc(NC3(c4ccc(Cl)cc4)CC3)nc(OCC(F)(F)F)n2)cc1. The molecule has 2 atom stereocenters. The summed E-state index contributed by atoms with van der Waals surface area (Å²) in [6.07, 6.45) is 1.35. The van der Waals surface area contributed by atoms with Crippen LogP contribution in [-0.4, -0.2) is 69.5 Å². The molecule has 3 fully saturated rings. The lowest BCUT2D eigenvalue weighted by molar-refractivity contribution is -0.154. The molecule has 1 aromatic heterocycles. The van der Waals surface area contributed by atoms with Crippen LogP contribution in [0.15, 0.2) is 48.5 Å².